The number of rotatable bonds is 7. The second-order valence-electron chi connectivity index (χ2n) is 5.74. The maximum Gasteiger partial charge on any atom is 0.141 e. The van der Waals surface area contributed by atoms with Crippen LogP contribution in [0.3, 0.4) is 0 Å². The topological polar surface area (TPSA) is 17.1 Å². The molecule has 0 spiro atoms. The Kier molecular flexibility index (Phi) is 5.74. The summed E-state index contributed by atoms with van der Waals surface area (Å²) in [6.45, 7) is 4.27. The third-order valence-corrected chi connectivity index (χ3v) is 3.89. The van der Waals surface area contributed by atoms with E-state index in [1.807, 2.05) is 18.2 Å². The molecule has 0 aliphatic heterocycles. The van der Waals surface area contributed by atoms with Crippen molar-refractivity contribution in [1.29, 1.82) is 0 Å². The van der Waals surface area contributed by atoms with Gasteiger partial charge in [-0.25, -0.2) is 0 Å². The molecule has 0 fully saturated rings. The van der Waals surface area contributed by atoms with Crippen LogP contribution in [0.2, 0.25) is 0 Å². The molecule has 0 saturated heterocycles. The summed E-state index contributed by atoms with van der Waals surface area (Å²) >= 11 is 0. The number of carbonyl (C=O) groups is 1. The first-order chi connectivity index (χ1) is 10.2. The Hall–Kier alpha value is -1.89. The third-order valence-electron chi connectivity index (χ3n) is 3.89. The number of ketones is 1. The van der Waals surface area contributed by atoms with Crippen molar-refractivity contribution in [2.45, 2.75) is 46.0 Å². The lowest BCUT2D eigenvalue weighted by Gasteiger charge is -2.06. The zero-order valence-corrected chi connectivity index (χ0v) is 13.1. The molecule has 1 nitrogen and oxygen atoms in total. The van der Waals surface area contributed by atoms with Crippen LogP contribution in [0, 0.1) is 6.92 Å². The normalized spacial score (nSPS) is 10.6. The Labute approximate surface area is 128 Å². The highest BCUT2D eigenvalue weighted by molar-refractivity contribution is 5.83. The molecule has 21 heavy (non-hydrogen) atoms. The van der Waals surface area contributed by atoms with E-state index in [9.17, 15) is 4.79 Å². The first kappa shape index (κ1) is 15.5. The van der Waals surface area contributed by atoms with Gasteiger partial charge < -0.3 is 0 Å². The SMILES string of the molecule is CCCCc1ccc(CC(=O)Cc2ccccc2C)cc1. The van der Waals surface area contributed by atoms with Crippen LogP contribution in [0.15, 0.2) is 48.5 Å². The highest BCUT2D eigenvalue weighted by Gasteiger charge is 2.07. The van der Waals surface area contributed by atoms with E-state index in [2.05, 4.69) is 44.2 Å². The van der Waals surface area contributed by atoms with Crippen molar-refractivity contribution in [2.75, 3.05) is 0 Å². The molecule has 0 heterocycles. The number of Topliss-reactive ketones (excluding diaryl/α,β-unsaturated/α-hetero) is 1. The molecule has 1 heteroatoms. The average Bonchev–Trinajstić information content (AvgIpc) is 2.49. The highest BCUT2D eigenvalue weighted by atomic mass is 16.1. The summed E-state index contributed by atoms with van der Waals surface area (Å²) in [6, 6.07) is 16.6. The first-order valence-electron chi connectivity index (χ1n) is 7.83. The summed E-state index contributed by atoms with van der Waals surface area (Å²) in [4.78, 5) is 12.2. The lowest BCUT2D eigenvalue weighted by atomic mass is 9.98. The number of hydrogen-bond donors (Lipinski definition) is 0. The zero-order valence-electron chi connectivity index (χ0n) is 13.1. The Bertz CT molecular complexity index is 581. The van der Waals surface area contributed by atoms with Crippen molar-refractivity contribution >= 4 is 5.78 Å². The van der Waals surface area contributed by atoms with Crippen LogP contribution in [0.5, 0.6) is 0 Å². The van der Waals surface area contributed by atoms with Gasteiger partial charge in [-0.2, -0.15) is 0 Å². The highest BCUT2D eigenvalue weighted by Crippen LogP contribution is 2.12. The van der Waals surface area contributed by atoms with Crippen molar-refractivity contribution in [3.8, 4) is 0 Å². The number of benzene rings is 2. The fourth-order valence-electron chi connectivity index (χ4n) is 2.52. The summed E-state index contributed by atoms with van der Waals surface area (Å²) in [5.41, 5.74) is 4.82. The number of hydrogen-bond acceptors (Lipinski definition) is 1. The number of unbranched alkanes of at least 4 members (excludes halogenated alkanes) is 1. The van der Waals surface area contributed by atoms with E-state index in [4.69, 9.17) is 0 Å². The molecule has 0 atom stereocenters. The molecule has 2 rings (SSSR count). The van der Waals surface area contributed by atoms with Gasteiger partial charge in [0.05, 0.1) is 0 Å². The van der Waals surface area contributed by atoms with Crippen LogP contribution in [0.25, 0.3) is 0 Å². The van der Waals surface area contributed by atoms with Crippen LogP contribution in [0.1, 0.15) is 42.0 Å². The summed E-state index contributed by atoms with van der Waals surface area (Å²) in [6.07, 6.45) is 4.64. The molecule has 0 saturated carbocycles. The van der Waals surface area contributed by atoms with Crippen LogP contribution < -0.4 is 0 Å². The summed E-state index contributed by atoms with van der Waals surface area (Å²) in [5.74, 6) is 0.283. The van der Waals surface area contributed by atoms with Crippen LogP contribution in [-0.2, 0) is 24.1 Å². The lowest BCUT2D eigenvalue weighted by Crippen LogP contribution is -2.07. The van der Waals surface area contributed by atoms with Gasteiger partial charge in [0.15, 0.2) is 0 Å². The standard InChI is InChI=1S/C20H24O/c1-3-4-8-17-10-12-18(13-11-17)14-20(21)15-19-9-6-5-7-16(19)2/h5-7,9-13H,3-4,8,14-15H2,1-2H3. The van der Waals surface area contributed by atoms with Gasteiger partial charge in [-0.15, -0.1) is 0 Å². The van der Waals surface area contributed by atoms with Gasteiger partial charge in [0.25, 0.3) is 0 Å². The van der Waals surface area contributed by atoms with E-state index in [-0.39, 0.29) is 5.78 Å². The quantitative estimate of drug-likeness (QED) is 0.719. The molecule has 2 aromatic rings. The predicted molar refractivity (Wildman–Crippen MR) is 88.6 cm³/mol. The maximum atomic E-state index is 12.2. The third kappa shape index (κ3) is 4.86. The monoisotopic (exact) mass is 280 g/mol. The van der Waals surface area contributed by atoms with Gasteiger partial charge in [0.2, 0.25) is 0 Å². The van der Waals surface area contributed by atoms with Gasteiger partial charge in [-0.3, -0.25) is 4.79 Å². The Morgan fingerprint density at radius 2 is 1.57 bits per heavy atom. The summed E-state index contributed by atoms with van der Waals surface area (Å²) < 4.78 is 0. The molecule has 0 radical (unpaired) electrons. The molecule has 0 unspecified atom stereocenters. The Morgan fingerprint density at radius 3 is 2.24 bits per heavy atom. The number of aryl methyl sites for hydroxylation is 2. The molecule has 110 valence electrons. The van der Waals surface area contributed by atoms with E-state index in [1.165, 1.54) is 24.0 Å². The van der Waals surface area contributed by atoms with E-state index < -0.39 is 0 Å². The molecular weight excluding hydrogens is 256 g/mol. The molecule has 0 aromatic heterocycles. The molecule has 0 aliphatic rings. The number of carbonyl (C=O) groups excluding carboxylic acids is 1. The van der Waals surface area contributed by atoms with Crippen molar-refractivity contribution in [1.82, 2.24) is 0 Å². The Balaban J connectivity index is 1.92. The molecule has 0 aliphatic carbocycles. The van der Waals surface area contributed by atoms with Crippen LogP contribution in [-0.4, -0.2) is 5.78 Å². The molecule has 2 aromatic carbocycles. The van der Waals surface area contributed by atoms with Gasteiger partial charge in [-0.05, 0) is 42.0 Å². The zero-order chi connectivity index (χ0) is 15.1. The second-order valence-corrected chi connectivity index (χ2v) is 5.74. The minimum Gasteiger partial charge on any atom is -0.299 e. The lowest BCUT2D eigenvalue weighted by molar-refractivity contribution is -0.117. The van der Waals surface area contributed by atoms with Gasteiger partial charge in [0, 0.05) is 12.8 Å². The van der Waals surface area contributed by atoms with Crippen molar-refractivity contribution < 1.29 is 4.79 Å². The first-order valence-corrected chi connectivity index (χ1v) is 7.83. The van der Waals surface area contributed by atoms with Crippen LogP contribution >= 0.6 is 0 Å². The van der Waals surface area contributed by atoms with Crippen molar-refractivity contribution in [3.05, 3.63) is 70.8 Å². The fourth-order valence-corrected chi connectivity index (χ4v) is 2.52. The molecule has 0 amide bonds. The van der Waals surface area contributed by atoms with Gasteiger partial charge >= 0.3 is 0 Å². The largest absolute Gasteiger partial charge is 0.299 e. The maximum absolute atomic E-state index is 12.2. The van der Waals surface area contributed by atoms with Crippen LogP contribution in [0.4, 0.5) is 0 Å². The van der Waals surface area contributed by atoms with Gasteiger partial charge in [-0.1, -0.05) is 61.9 Å². The van der Waals surface area contributed by atoms with E-state index in [0.717, 1.165) is 17.5 Å². The van der Waals surface area contributed by atoms with Crippen molar-refractivity contribution in [2.24, 2.45) is 0 Å². The summed E-state index contributed by atoms with van der Waals surface area (Å²) in [5, 5.41) is 0. The van der Waals surface area contributed by atoms with Crippen molar-refractivity contribution in [3.63, 3.8) is 0 Å². The second kappa shape index (κ2) is 7.78. The predicted octanol–water partition coefficient (Wildman–Crippen LogP) is 4.69. The van der Waals surface area contributed by atoms with E-state index in [0.29, 0.717) is 12.8 Å². The fraction of sp³-hybridized carbons (Fsp3) is 0.350. The molecule has 0 bridgehead atoms. The molecular formula is C20H24O. The smallest absolute Gasteiger partial charge is 0.141 e. The molecule has 0 N–H and O–H groups in total. The average molecular weight is 280 g/mol. The van der Waals surface area contributed by atoms with Gasteiger partial charge in [0.1, 0.15) is 5.78 Å². The Morgan fingerprint density at radius 1 is 0.905 bits per heavy atom. The van der Waals surface area contributed by atoms with E-state index >= 15 is 0 Å². The van der Waals surface area contributed by atoms with E-state index in [1.54, 1.807) is 0 Å². The summed E-state index contributed by atoms with van der Waals surface area (Å²) in [7, 11) is 0. The minimum atomic E-state index is 0.283. The minimum absolute atomic E-state index is 0.283.